The summed E-state index contributed by atoms with van der Waals surface area (Å²) in [7, 11) is -3.76. The SMILES string of the molecule is O=S(=O)(Nc1cccc(Cl)c1)c1ccc(Cl)c(CO)c1. The molecule has 0 amide bonds. The van der Waals surface area contributed by atoms with Gasteiger partial charge < -0.3 is 5.11 Å². The summed E-state index contributed by atoms with van der Waals surface area (Å²) in [5.41, 5.74) is 0.707. The molecule has 0 aliphatic heterocycles. The number of nitrogens with one attached hydrogen (secondary N) is 1. The van der Waals surface area contributed by atoms with E-state index in [2.05, 4.69) is 4.72 Å². The van der Waals surface area contributed by atoms with Crippen molar-refractivity contribution in [2.24, 2.45) is 0 Å². The van der Waals surface area contributed by atoms with Gasteiger partial charge in [0.15, 0.2) is 0 Å². The van der Waals surface area contributed by atoms with Crippen molar-refractivity contribution in [3.8, 4) is 0 Å². The third-order valence-corrected chi connectivity index (χ3v) is 4.56. The highest BCUT2D eigenvalue weighted by atomic mass is 35.5. The second-order valence-electron chi connectivity index (χ2n) is 4.03. The lowest BCUT2D eigenvalue weighted by Gasteiger charge is -2.10. The minimum absolute atomic E-state index is 0.0194. The summed E-state index contributed by atoms with van der Waals surface area (Å²) in [6, 6.07) is 10.5. The van der Waals surface area contributed by atoms with Gasteiger partial charge in [-0.25, -0.2) is 8.42 Å². The lowest BCUT2D eigenvalue weighted by Crippen LogP contribution is -2.13. The van der Waals surface area contributed by atoms with Crippen molar-refractivity contribution in [2.75, 3.05) is 4.72 Å². The Morgan fingerprint density at radius 3 is 2.50 bits per heavy atom. The summed E-state index contributed by atoms with van der Waals surface area (Å²) in [5.74, 6) is 0. The smallest absolute Gasteiger partial charge is 0.261 e. The first kappa shape index (κ1) is 15.1. The molecule has 0 atom stereocenters. The Morgan fingerprint density at radius 1 is 1.10 bits per heavy atom. The fourth-order valence-corrected chi connectivity index (χ4v) is 3.07. The van der Waals surface area contributed by atoms with E-state index in [0.717, 1.165) is 0 Å². The second-order valence-corrected chi connectivity index (χ2v) is 6.55. The van der Waals surface area contributed by atoms with Crippen LogP contribution in [-0.2, 0) is 16.6 Å². The second kappa shape index (κ2) is 6.01. The van der Waals surface area contributed by atoms with Crippen LogP contribution in [0.15, 0.2) is 47.4 Å². The summed E-state index contributed by atoms with van der Waals surface area (Å²) < 4.78 is 26.8. The van der Waals surface area contributed by atoms with Gasteiger partial charge in [-0.1, -0.05) is 29.3 Å². The Balaban J connectivity index is 2.35. The monoisotopic (exact) mass is 331 g/mol. The van der Waals surface area contributed by atoms with Crippen molar-refractivity contribution in [3.05, 3.63) is 58.1 Å². The van der Waals surface area contributed by atoms with Gasteiger partial charge in [0.25, 0.3) is 10.0 Å². The van der Waals surface area contributed by atoms with Gasteiger partial charge >= 0.3 is 0 Å². The van der Waals surface area contributed by atoms with E-state index in [4.69, 9.17) is 28.3 Å². The van der Waals surface area contributed by atoms with Crippen LogP contribution in [0.4, 0.5) is 5.69 Å². The zero-order chi connectivity index (χ0) is 14.8. The van der Waals surface area contributed by atoms with E-state index in [1.807, 2.05) is 0 Å². The van der Waals surface area contributed by atoms with Crippen LogP contribution in [-0.4, -0.2) is 13.5 Å². The van der Waals surface area contributed by atoms with Crippen molar-refractivity contribution in [1.82, 2.24) is 0 Å². The van der Waals surface area contributed by atoms with Crippen LogP contribution < -0.4 is 4.72 Å². The lowest BCUT2D eigenvalue weighted by atomic mass is 10.2. The van der Waals surface area contributed by atoms with Crippen LogP contribution >= 0.6 is 23.2 Å². The van der Waals surface area contributed by atoms with Crippen molar-refractivity contribution in [1.29, 1.82) is 0 Å². The van der Waals surface area contributed by atoms with Gasteiger partial charge in [-0.15, -0.1) is 0 Å². The van der Waals surface area contributed by atoms with E-state index < -0.39 is 10.0 Å². The van der Waals surface area contributed by atoms with Crippen LogP contribution in [0, 0.1) is 0 Å². The number of halogens is 2. The molecule has 20 heavy (non-hydrogen) atoms. The molecule has 0 aromatic heterocycles. The predicted octanol–water partition coefficient (Wildman–Crippen LogP) is 3.29. The highest BCUT2D eigenvalue weighted by molar-refractivity contribution is 7.92. The van der Waals surface area contributed by atoms with Crippen LogP contribution in [0.2, 0.25) is 10.0 Å². The van der Waals surface area contributed by atoms with Gasteiger partial charge in [0, 0.05) is 10.0 Å². The topological polar surface area (TPSA) is 66.4 Å². The number of aliphatic hydroxyl groups is 1. The molecule has 2 aromatic rings. The molecule has 106 valence electrons. The largest absolute Gasteiger partial charge is 0.392 e. The Hall–Kier alpha value is -1.27. The molecule has 0 spiro atoms. The predicted molar refractivity (Wildman–Crippen MR) is 79.6 cm³/mol. The third kappa shape index (κ3) is 3.43. The Morgan fingerprint density at radius 2 is 1.85 bits per heavy atom. The normalized spacial score (nSPS) is 11.3. The standard InChI is InChI=1S/C13H11Cl2NO3S/c14-10-2-1-3-11(7-10)16-20(18,19)12-4-5-13(15)9(6-12)8-17/h1-7,16-17H,8H2. The van der Waals surface area contributed by atoms with Gasteiger partial charge in [0.1, 0.15) is 0 Å². The van der Waals surface area contributed by atoms with E-state index in [1.54, 1.807) is 18.2 Å². The molecule has 0 bridgehead atoms. The van der Waals surface area contributed by atoms with E-state index >= 15 is 0 Å². The fourth-order valence-electron chi connectivity index (χ4n) is 1.61. The van der Waals surface area contributed by atoms with Crippen molar-refractivity contribution in [2.45, 2.75) is 11.5 Å². The first-order valence-corrected chi connectivity index (χ1v) is 7.84. The summed E-state index contributed by atoms with van der Waals surface area (Å²) in [5, 5.41) is 9.86. The van der Waals surface area contributed by atoms with Crippen LogP contribution in [0.5, 0.6) is 0 Å². The Bertz CT molecular complexity index is 732. The van der Waals surface area contributed by atoms with Crippen LogP contribution in [0.1, 0.15) is 5.56 Å². The van der Waals surface area contributed by atoms with E-state index in [0.29, 0.717) is 21.3 Å². The summed E-state index contributed by atoms with van der Waals surface area (Å²) in [6.07, 6.45) is 0. The molecule has 0 aliphatic rings. The molecular formula is C13H11Cl2NO3S. The maximum atomic E-state index is 12.2. The van der Waals surface area contributed by atoms with E-state index in [-0.39, 0.29) is 11.5 Å². The van der Waals surface area contributed by atoms with Gasteiger partial charge in [-0.3, -0.25) is 4.72 Å². The Kier molecular flexibility index (Phi) is 4.55. The molecule has 2 N–H and O–H groups in total. The molecule has 7 heteroatoms. The van der Waals surface area contributed by atoms with Gasteiger partial charge in [0.05, 0.1) is 17.2 Å². The minimum Gasteiger partial charge on any atom is -0.392 e. The number of aliphatic hydroxyl groups excluding tert-OH is 1. The van der Waals surface area contributed by atoms with Crippen molar-refractivity contribution in [3.63, 3.8) is 0 Å². The average molecular weight is 332 g/mol. The Labute approximate surface area is 127 Å². The number of hydrogen-bond donors (Lipinski definition) is 2. The molecule has 2 aromatic carbocycles. The molecule has 0 unspecified atom stereocenters. The number of benzene rings is 2. The van der Waals surface area contributed by atoms with Crippen LogP contribution in [0.25, 0.3) is 0 Å². The first-order chi connectivity index (χ1) is 9.42. The third-order valence-electron chi connectivity index (χ3n) is 2.57. The zero-order valence-electron chi connectivity index (χ0n) is 10.2. The number of sulfonamides is 1. The number of anilines is 1. The highest BCUT2D eigenvalue weighted by Gasteiger charge is 2.16. The van der Waals surface area contributed by atoms with Crippen molar-refractivity contribution < 1.29 is 13.5 Å². The molecule has 0 radical (unpaired) electrons. The molecule has 0 fully saturated rings. The summed E-state index contributed by atoms with van der Waals surface area (Å²) >= 11 is 11.6. The molecule has 0 aliphatic carbocycles. The maximum Gasteiger partial charge on any atom is 0.261 e. The highest BCUT2D eigenvalue weighted by Crippen LogP contribution is 2.23. The van der Waals surface area contributed by atoms with E-state index in [9.17, 15) is 8.42 Å². The van der Waals surface area contributed by atoms with Gasteiger partial charge in [-0.05, 0) is 42.0 Å². The summed E-state index contributed by atoms with van der Waals surface area (Å²) in [6.45, 7) is -0.334. The van der Waals surface area contributed by atoms with Crippen molar-refractivity contribution >= 4 is 38.9 Å². The number of rotatable bonds is 4. The molecule has 4 nitrogen and oxygen atoms in total. The molecule has 2 rings (SSSR count). The first-order valence-electron chi connectivity index (χ1n) is 5.60. The minimum atomic E-state index is -3.76. The average Bonchev–Trinajstić information content (AvgIpc) is 2.38. The fraction of sp³-hybridized carbons (Fsp3) is 0.0769. The van der Waals surface area contributed by atoms with Crippen LogP contribution in [0.3, 0.4) is 0 Å². The van der Waals surface area contributed by atoms with Gasteiger partial charge in [-0.2, -0.15) is 0 Å². The van der Waals surface area contributed by atoms with E-state index in [1.165, 1.54) is 24.3 Å². The molecule has 0 saturated carbocycles. The quantitative estimate of drug-likeness (QED) is 0.903. The molecule has 0 saturated heterocycles. The maximum absolute atomic E-state index is 12.2. The van der Waals surface area contributed by atoms with Gasteiger partial charge in [0.2, 0.25) is 0 Å². The number of hydrogen-bond acceptors (Lipinski definition) is 3. The zero-order valence-corrected chi connectivity index (χ0v) is 12.5. The summed E-state index contributed by atoms with van der Waals surface area (Å²) in [4.78, 5) is 0.0194. The molecule has 0 heterocycles. The molecular weight excluding hydrogens is 321 g/mol. The lowest BCUT2D eigenvalue weighted by molar-refractivity contribution is 0.281.